The largest absolute Gasteiger partial charge is 0.378 e. The minimum atomic E-state index is -0.114. The maximum absolute atomic E-state index is 5.66. The number of fused-ring (bicyclic) bond motifs is 1. The molecule has 1 fully saturated rings. The zero-order valence-electron chi connectivity index (χ0n) is 10.9. The van der Waals surface area contributed by atoms with Crippen LogP contribution in [-0.2, 0) is 15.9 Å². The highest BCUT2D eigenvalue weighted by Gasteiger charge is 2.36. The molecule has 18 heavy (non-hydrogen) atoms. The van der Waals surface area contributed by atoms with E-state index in [1.807, 2.05) is 0 Å². The van der Waals surface area contributed by atoms with Crippen LogP contribution in [0.25, 0.3) is 0 Å². The van der Waals surface area contributed by atoms with Gasteiger partial charge in [-0.1, -0.05) is 24.3 Å². The predicted octanol–water partition coefficient (Wildman–Crippen LogP) is 2.07. The van der Waals surface area contributed by atoms with Crippen molar-refractivity contribution in [3.05, 3.63) is 35.4 Å². The topological polar surface area (TPSA) is 30.5 Å². The van der Waals surface area contributed by atoms with E-state index >= 15 is 0 Å². The Bertz CT molecular complexity index is 413. The fourth-order valence-corrected chi connectivity index (χ4v) is 3.04. The summed E-state index contributed by atoms with van der Waals surface area (Å²) in [5.41, 5.74) is 2.84. The van der Waals surface area contributed by atoms with Crippen molar-refractivity contribution in [2.45, 2.75) is 30.9 Å². The van der Waals surface area contributed by atoms with Gasteiger partial charge in [-0.25, -0.2) is 0 Å². The van der Waals surface area contributed by atoms with Gasteiger partial charge < -0.3 is 14.8 Å². The lowest BCUT2D eigenvalue weighted by Gasteiger charge is -2.28. The smallest absolute Gasteiger partial charge is 0.106 e. The molecule has 1 N–H and O–H groups in total. The van der Waals surface area contributed by atoms with Crippen LogP contribution in [0.2, 0.25) is 0 Å². The average Bonchev–Trinajstić information content (AvgIpc) is 3.04. The Labute approximate surface area is 108 Å². The minimum Gasteiger partial charge on any atom is -0.378 e. The first-order valence-corrected chi connectivity index (χ1v) is 6.77. The van der Waals surface area contributed by atoms with E-state index in [0.29, 0.717) is 12.6 Å². The number of ether oxygens (including phenoxy) is 2. The molecule has 0 amide bonds. The molecule has 2 atom stereocenters. The highest BCUT2D eigenvalue weighted by Crippen LogP contribution is 2.31. The van der Waals surface area contributed by atoms with Crippen molar-refractivity contribution in [2.24, 2.45) is 0 Å². The van der Waals surface area contributed by atoms with Gasteiger partial charge in [0, 0.05) is 32.7 Å². The van der Waals surface area contributed by atoms with Crippen LogP contribution in [0.3, 0.4) is 0 Å². The SMILES string of the molecule is COC1(CNC2CCc3ccccc32)CCOC1. The maximum Gasteiger partial charge on any atom is 0.106 e. The third-order valence-electron chi connectivity index (χ3n) is 4.30. The lowest BCUT2D eigenvalue weighted by atomic mass is 10.0. The molecule has 1 aromatic carbocycles. The van der Waals surface area contributed by atoms with Crippen LogP contribution in [0.4, 0.5) is 0 Å². The Morgan fingerprint density at radius 3 is 3.11 bits per heavy atom. The van der Waals surface area contributed by atoms with Crippen LogP contribution in [0.1, 0.15) is 30.0 Å². The van der Waals surface area contributed by atoms with Gasteiger partial charge in [0.05, 0.1) is 6.61 Å². The Morgan fingerprint density at radius 2 is 2.33 bits per heavy atom. The summed E-state index contributed by atoms with van der Waals surface area (Å²) in [5.74, 6) is 0. The van der Waals surface area contributed by atoms with Gasteiger partial charge in [0.15, 0.2) is 0 Å². The van der Waals surface area contributed by atoms with Crippen LogP contribution >= 0.6 is 0 Å². The monoisotopic (exact) mass is 247 g/mol. The quantitative estimate of drug-likeness (QED) is 0.883. The molecule has 0 radical (unpaired) electrons. The van der Waals surface area contributed by atoms with Crippen molar-refractivity contribution in [3.8, 4) is 0 Å². The van der Waals surface area contributed by atoms with E-state index in [2.05, 4.69) is 29.6 Å². The van der Waals surface area contributed by atoms with Gasteiger partial charge in [-0.15, -0.1) is 0 Å². The van der Waals surface area contributed by atoms with E-state index in [9.17, 15) is 0 Å². The first kappa shape index (κ1) is 12.2. The summed E-state index contributed by atoms with van der Waals surface area (Å²) in [6, 6.07) is 9.22. The first-order valence-electron chi connectivity index (χ1n) is 6.77. The van der Waals surface area contributed by atoms with Crippen molar-refractivity contribution < 1.29 is 9.47 Å². The standard InChI is InChI=1S/C15H21NO2/c1-17-15(8-9-18-11-15)10-16-14-7-6-12-4-2-3-5-13(12)14/h2-5,14,16H,6-11H2,1H3. The fourth-order valence-electron chi connectivity index (χ4n) is 3.04. The highest BCUT2D eigenvalue weighted by atomic mass is 16.5. The van der Waals surface area contributed by atoms with E-state index in [1.54, 1.807) is 7.11 Å². The van der Waals surface area contributed by atoms with Gasteiger partial charge in [0.25, 0.3) is 0 Å². The van der Waals surface area contributed by atoms with E-state index in [1.165, 1.54) is 24.0 Å². The molecule has 3 nitrogen and oxygen atoms in total. The summed E-state index contributed by atoms with van der Waals surface area (Å²) < 4.78 is 11.1. The summed E-state index contributed by atoms with van der Waals surface area (Å²) in [4.78, 5) is 0. The predicted molar refractivity (Wildman–Crippen MR) is 70.7 cm³/mol. The molecule has 3 heteroatoms. The molecule has 0 aromatic heterocycles. The van der Waals surface area contributed by atoms with Crippen LogP contribution in [0.5, 0.6) is 0 Å². The van der Waals surface area contributed by atoms with Gasteiger partial charge in [-0.05, 0) is 24.0 Å². The van der Waals surface area contributed by atoms with Crippen molar-refractivity contribution >= 4 is 0 Å². The Hall–Kier alpha value is -0.900. The molecule has 1 aliphatic carbocycles. The van der Waals surface area contributed by atoms with Gasteiger partial charge >= 0.3 is 0 Å². The molecule has 0 saturated carbocycles. The third kappa shape index (κ3) is 2.18. The molecule has 0 spiro atoms. The Balaban J connectivity index is 1.65. The van der Waals surface area contributed by atoms with Crippen LogP contribution < -0.4 is 5.32 Å². The summed E-state index contributed by atoms with van der Waals surface area (Å²) in [5, 5.41) is 3.67. The number of nitrogens with one attached hydrogen (secondary N) is 1. The van der Waals surface area contributed by atoms with Crippen LogP contribution in [0.15, 0.2) is 24.3 Å². The maximum atomic E-state index is 5.66. The summed E-state index contributed by atoms with van der Waals surface area (Å²) in [6.45, 7) is 2.41. The van der Waals surface area contributed by atoms with Gasteiger partial charge in [0.2, 0.25) is 0 Å². The van der Waals surface area contributed by atoms with Crippen molar-refractivity contribution in [3.63, 3.8) is 0 Å². The zero-order chi connectivity index (χ0) is 12.4. The summed E-state index contributed by atoms with van der Waals surface area (Å²) in [6.07, 6.45) is 3.37. The van der Waals surface area contributed by atoms with Gasteiger partial charge in [0.1, 0.15) is 5.60 Å². The number of hydrogen-bond acceptors (Lipinski definition) is 3. The zero-order valence-corrected chi connectivity index (χ0v) is 10.9. The first-order chi connectivity index (χ1) is 8.83. The van der Waals surface area contributed by atoms with Gasteiger partial charge in [-0.2, -0.15) is 0 Å². The van der Waals surface area contributed by atoms with E-state index in [4.69, 9.17) is 9.47 Å². The van der Waals surface area contributed by atoms with E-state index < -0.39 is 0 Å². The Morgan fingerprint density at radius 1 is 1.44 bits per heavy atom. The molecular formula is C15H21NO2. The number of methoxy groups -OCH3 is 1. The van der Waals surface area contributed by atoms with Crippen molar-refractivity contribution in [1.82, 2.24) is 5.32 Å². The average molecular weight is 247 g/mol. The number of benzene rings is 1. The second-order valence-electron chi connectivity index (χ2n) is 5.36. The lowest BCUT2D eigenvalue weighted by Crippen LogP contribution is -2.43. The normalized spacial score (nSPS) is 30.6. The molecule has 3 rings (SSSR count). The lowest BCUT2D eigenvalue weighted by molar-refractivity contribution is -0.0175. The number of hydrogen-bond donors (Lipinski definition) is 1. The van der Waals surface area contributed by atoms with Gasteiger partial charge in [-0.3, -0.25) is 0 Å². The minimum absolute atomic E-state index is 0.114. The second kappa shape index (κ2) is 5.00. The molecule has 1 saturated heterocycles. The second-order valence-corrected chi connectivity index (χ2v) is 5.36. The molecule has 98 valence electrons. The molecule has 1 heterocycles. The molecule has 2 aliphatic rings. The van der Waals surface area contributed by atoms with Crippen LogP contribution in [-0.4, -0.2) is 32.5 Å². The molecule has 2 unspecified atom stereocenters. The number of aryl methyl sites for hydroxylation is 1. The molecule has 1 aliphatic heterocycles. The van der Waals surface area contributed by atoms with E-state index in [0.717, 1.165) is 19.6 Å². The molecule has 0 bridgehead atoms. The summed E-state index contributed by atoms with van der Waals surface area (Å²) in [7, 11) is 1.79. The van der Waals surface area contributed by atoms with Crippen molar-refractivity contribution in [1.29, 1.82) is 0 Å². The third-order valence-corrected chi connectivity index (χ3v) is 4.30. The fraction of sp³-hybridized carbons (Fsp3) is 0.600. The number of rotatable bonds is 4. The van der Waals surface area contributed by atoms with Crippen molar-refractivity contribution in [2.75, 3.05) is 26.9 Å². The highest BCUT2D eigenvalue weighted by molar-refractivity contribution is 5.34. The Kier molecular flexibility index (Phi) is 3.37. The van der Waals surface area contributed by atoms with E-state index in [-0.39, 0.29) is 5.60 Å². The molecule has 1 aromatic rings. The summed E-state index contributed by atoms with van der Waals surface area (Å²) >= 11 is 0. The van der Waals surface area contributed by atoms with Crippen LogP contribution in [0, 0.1) is 0 Å². The molecular weight excluding hydrogens is 226 g/mol.